The number of hydrogen-bond donors (Lipinski definition) is 1. The fourth-order valence-electron chi connectivity index (χ4n) is 4.26. The van der Waals surface area contributed by atoms with E-state index in [0.29, 0.717) is 5.69 Å². The lowest BCUT2D eigenvalue weighted by Gasteiger charge is -2.33. The lowest BCUT2D eigenvalue weighted by Crippen LogP contribution is -2.52. The average molecular weight is 565 g/mol. The number of aryl methyl sites for hydroxylation is 1. The summed E-state index contributed by atoms with van der Waals surface area (Å²) in [6.07, 6.45) is 6.30. The number of halogens is 1. The van der Waals surface area contributed by atoms with Crippen molar-refractivity contribution in [3.63, 3.8) is 0 Å². The molecule has 0 aromatic heterocycles. The summed E-state index contributed by atoms with van der Waals surface area (Å²) in [7, 11) is -3.73. The van der Waals surface area contributed by atoms with E-state index in [-0.39, 0.29) is 25.0 Å². The highest BCUT2D eigenvalue weighted by molar-refractivity contribution is 9.10. The summed E-state index contributed by atoms with van der Waals surface area (Å²) >= 11 is 3.42. The van der Waals surface area contributed by atoms with E-state index in [2.05, 4.69) is 21.2 Å². The van der Waals surface area contributed by atoms with Crippen LogP contribution in [0.3, 0.4) is 0 Å². The van der Waals surface area contributed by atoms with E-state index in [0.717, 1.165) is 51.8 Å². The molecular weight excluding hydrogens is 530 g/mol. The van der Waals surface area contributed by atoms with Gasteiger partial charge in [-0.1, -0.05) is 65.0 Å². The van der Waals surface area contributed by atoms with E-state index in [9.17, 15) is 18.0 Å². The number of nitrogens with one attached hydrogen (secondary N) is 1. The van der Waals surface area contributed by atoms with Gasteiger partial charge in [0.05, 0.1) is 11.9 Å². The van der Waals surface area contributed by atoms with Crippen LogP contribution in [0.25, 0.3) is 0 Å². The Labute approximate surface area is 217 Å². The SMILES string of the molecule is Cc1ccc(N(CC(=O)N(Cc2ccc(Br)cc2)[C@@H](C)C(=O)NC2CCCCC2)S(C)(=O)=O)cc1. The molecule has 0 unspecified atom stereocenters. The van der Waals surface area contributed by atoms with Crippen molar-refractivity contribution >= 4 is 43.5 Å². The molecule has 1 atom stereocenters. The fraction of sp³-hybridized carbons (Fsp3) is 0.462. The Balaban J connectivity index is 1.85. The van der Waals surface area contributed by atoms with E-state index < -0.39 is 22.0 Å². The Morgan fingerprint density at radius 1 is 1.03 bits per heavy atom. The third-order valence-electron chi connectivity index (χ3n) is 6.39. The number of carbonyl (C=O) groups excluding carboxylic acids is 2. The number of nitrogens with zero attached hydrogens (tertiary/aromatic N) is 2. The topological polar surface area (TPSA) is 86.8 Å². The predicted molar refractivity (Wildman–Crippen MR) is 143 cm³/mol. The summed E-state index contributed by atoms with van der Waals surface area (Å²) < 4.78 is 27.2. The third-order valence-corrected chi connectivity index (χ3v) is 8.06. The van der Waals surface area contributed by atoms with Gasteiger partial charge >= 0.3 is 0 Å². The molecule has 1 aliphatic rings. The largest absolute Gasteiger partial charge is 0.352 e. The second-order valence-electron chi connectivity index (χ2n) is 9.27. The Morgan fingerprint density at radius 2 is 1.63 bits per heavy atom. The molecule has 0 spiro atoms. The van der Waals surface area contributed by atoms with Gasteiger partial charge in [0.2, 0.25) is 21.8 Å². The highest BCUT2D eigenvalue weighted by atomic mass is 79.9. The molecule has 2 amide bonds. The van der Waals surface area contributed by atoms with E-state index in [1.807, 2.05) is 31.2 Å². The molecule has 35 heavy (non-hydrogen) atoms. The van der Waals surface area contributed by atoms with Gasteiger partial charge in [-0.15, -0.1) is 0 Å². The molecule has 190 valence electrons. The number of anilines is 1. The fourth-order valence-corrected chi connectivity index (χ4v) is 5.38. The smallest absolute Gasteiger partial charge is 0.244 e. The molecule has 0 bridgehead atoms. The molecule has 9 heteroatoms. The van der Waals surface area contributed by atoms with Gasteiger partial charge in [0.25, 0.3) is 0 Å². The Bertz CT molecular complexity index is 1110. The van der Waals surface area contributed by atoms with Crippen molar-refractivity contribution in [3.05, 3.63) is 64.1 Å². The van der Waals surface area contributed by atoms with Crippen molar-refractivity contribution in [2.75, 3.05) is 17.1 Å². The minimum absolute atomic E-state index is 0.114. The second-order valence-corrected chi connectivity index (χ2v) is 12.1. The molecule has 1 aliphatic carbocycles. The number of rotatable bonds is 9. The molecular formula is C26H34BrN3O4S. The van der Waals surface area contributed by atoms with Crippen molar-refractivity contribution in [2.24, 2.45) is 0 Å². The van der Waals surface area contributed by atoms with Gasteiger partial charge in [-0.25, -0.2) is 8.42 Å². The van der Waals surface area contributed by atoms with Crippen LogP contribution in [0.5, 0.6) is 0 Å². The first kappa shape index (κ1) is 27.2. The van der Waals surface area contributed by atoms with Crippen LogP contribution < -0.4 is 9.62 Å². The molecule has 1 N–H and O–H groups in total. The molecule has 1 saturated carbocycles. The summed E-state index contributed by atoms with van der Waals surface area (Å²) in [5.74, 6) is -0.659. The van der Waals surface area contributed by atoms with E-state index in [4.69, 9.17) is 0 Å². The monoisotopic (exact) mass is 563 g/mol. The maximum absolute atomic E-state index is 13.6. The van der Waals surface area contributed by atoms with Gasteiger partial charge in [-0.2, -0.15) is 0 Å². The molecule has 0 saturated heterocycles. The zero-order valence-electron chi connectivity index (χ0n) is 20.5. The first-order valence-corrected chi connectivity index (χ1v) is 14.6. The Kier molecular flexibility index (Phi) is 9.35. The van der Waals surface area contributed by atoms with Crippen molar-refractivity contribution in [2.45, 2.75) is 64.6 Å². The highest BCUT2D eigenvalue weighted by Crippen LogP contribution is 2.21. The van der Waals surface area contributed by atoms with Gasteiger partial charge in [0.15, 0.2) is 0 Å². The maximum atomic E-state index is 13.6. The van der Waals surface area contributed by atoms with Crippen LogP contribution in [-0.4, -0.2) is 50.0 Å². The van der Waals surface area contributed by atoms with E-state index in [1.165, 1.54) is 11.3 Å². The van der Waals surface area contributed by atoms with Crippen molar-refractivity contribution < 1.29 is 18.0 Å². The van der Waals surface area contributed by atoms with Crippen LogP contribution >= 0.6 is 15.9 Å². The lowest BCUT2D eigenvalue weighted by molar-refractivity contribution is -0.139. The molecule has 0 radical (unpaired) electrons. The van der Waals surface area contributed by atoms with Crippen LogP contribution in [0.15, 0.2) is 53.0 Å². The number of sulfonamides is 1. The van der Waals surface area contributed by atoms with Crippen molar-refractivity contribution in [1.29, 1.82) is 0 Å². The minimum atomic E-state index is -3.73. The molecule has 2 aromatic rings. The molecule has 7 nitrogen and oxygen atoms in total. The van der Waals surface area contributed by atoms with E-state index >= 15 is 0 Å². The third kappa shape index (κ3) is 7.80. The van der Waals surface area contributed by atoms with Gasteiger partial charge in [-0.05, 0) is 56.5 Å². The maximum Gasteiger partial charge on any atom is 0.244 e. The summed E-state index contributed by atoms with van der Waals surface area (Å²) in [4.78, 5) is 28.2. The van der Waals surface area contributed by atoms with E-state index in [1.54, 1.807) is 31.2 Å². The first-order valence-electron chi connectivity index (χ1n) is 11.9. The van der Waals surface area contributed by atoms with Crippen LogP contribution in [0.2, 0.25) is 0 Å². The van der Waals surface area contributed by atoms with Crippen LogP contribution in [0, 0.1) is 6.92 Å². The normalized spacial score (nSPS) is 15.3. The second kappa shape index (κ2) is 12.0. The predicted octanol–water partition coefficient (Wildman–Crippen LogP) is 4.39. The molecule has 0 aliphatic heterocycles. The summed E-state index contributed by atoms with van der Waals surface area (Å²) in [6.45, 7) is 3.41. The van der Waals surface area contributed by atoms with Gasteiger partial charge in [0, 0.05) is 17.1 Å². The zero-order chi connectivity index (χ0) is 25.6. The molecule has 1 fully saturated rings. The first-order chi connectivity index (χ1) is 16.5. The standard InChI is InChI=1S/C26H34BrN3O4S/c1-19-9-15-24(16-10-19)30(35(3,33)34)18-25(31)29(17-21-11-13-22(27)14-12-21)20(2)26(32)28-23-7-5-4-6-8-23/h9-16,20,23H,4-8,17-18H2,1-3H3,(H,28,32)/t20-/m0/s1. The average Bonchev–Trinajstić information content (AvgIpc) is 2.82. The van der Waals surface area contributed by atoms with Gasteiger partial charge < -0.3 is 10.2 Å². The number of benzene rings is 2. The molecule has 3 rings (SSSR count). The van der Waals surface area contributed by atoms with Gasteiger partial charge in [-0.3, -0.25) is 13.9 Å². The molecule has 0 heterocycles. The number of hydrogen-bond acceptors (Lipinski definition) is 4. The van der Waals surface area contributed by atoms with Gasteiger partial charge in [0.1, 0.15) is 12.6 Å². The lowest BCUT2D eigenvalue weighted by atomic mass is 9.95. The highest BCUT2D eigenvalue weighted by Gasteiger charge is 2.31. The number of amides is 2. The summed E-state index contributed by atoms with van der Waals surface area (Å²) in [6, 6.07) is 13.8. The van der Waals surface area contributed by atoms with Crippen LogP contribution in [0.1, 0.15) is 50.2 Å². The molecule has 2 aromatic carbocycles. The zero-order valence-corrected chi connectivity index (χ0v) is 22.9. The Hall–Kier alpha value is -2.39. The summed E-state index contributed by atoms with van der Waals surface area (Å²) in [5, 5.41) is 3.10. The number of carbonyl (C=O) groups is 2. The quantitative estimate of drug-likeness (QED) is 0.490. The van der Waals surface area contributed by atoms with Crippen molar-refractivity contribution in [3.8, 4) is 0 Å². The Morgan fingerprint density at radius 3 is 2.20 bits per heavy atom. The van der Waals surface area contributed by atoms with Crippen molar-refractivity contribution in [1.82, 2.24) is 10.2 Å². The van der Waals surface area contributed by atoms with Crippen LogP contribution in [-0.2, 0) is 26.2 Å². The van der Waals surface area contributed by atoms with Crippen LogP contribution in [0.4, 0.5) is 5.69 Å². The summed E-state index contributed by atoms with van der Waals surface area (Å²) in [5.41, 5.74) is 2.24. The minimum Gasteiger partial charge on any atom is -0.352 e.